The van der Waals surface area contributed by atoms with Crippen LogP contribution in [0, 0.1) is 0 Å². The maximum atomic E-state index is 10.4. The van der Waals surface area contributed by atoms with Gasteiger partial charge in [0.05, 0.1) is 17.9 Å². The molecule has 0 radical (unpaired) electrons. The molecule has 0 aromatic rings. The maximum absolute atomic E-state index is 10.4. The Labute approximate surface area is 416 Å². The molecule has 0 aliphatic carbocycles. The number of carbonyl (C=O) groups excluding carboxylic acids is 3. The van der Waals surface area contributed by atoms with Gasteiger partial charge in [0.2, 0.25) is 0 Å². The molecule has 0 bridgehead atoms. The van der Waals surface area contributed by atoms with Crippen molar-refractivity contribution in [2.24, 2.45) is 0 Å². The van der Waals surface area contributed by atoms with Crippen molar-refractivity contribution < 1.29 is 29.7 Å². The first-order valence-corrected chi connectivity index (χ1v) is 29.8. The monoisotopic (exact) mass is 1040 g/mol. The number of carboxylic acids is 3. The van der Waals surface area contributed by atoms with E-state index in [1.807, 2.05) is 0 Å². The third-order valence-electron chi connectivity index (χ3n) is 11.3. The molecule has 0 fully saturated rings. The van der Waals surface area contributed by atoms with Crippen LogP contribution in [0.1, 0.15) is 291 Å². The topological polar surface area (TPSA) is 120 Å². The molecule has 0 N–H and O–H groups in total. The first-order valence-electron chi connectivity index (χ1n) is 26.3. The van der Waals surface area contributed by atoms with Crippen LogP contribution in [0.5, 0.6) is 0 Å². The normalized spacial score (nSPS) is 12.2. The SMILES string of the molecule is CCCCCCCCCCCCCCC(S)C(=O)[O-].CCCCCCCCCCCCCCC(S)C(=O)[O-].CCCCCCCCCCCCCCC(S)C(=O)[O-].CCC[CH2][Sn+3]. The van der Waals surface area contributed by atoms with Crippen LogP contribution < -0.4 is 15.3 Å². The second-order valence-corrected chi connectivity index (χ2v) is 20.9. The number of carboxylic acid groups (broad SMARTS) is 3. The summed E-state index contributed by atoms with van der Waals surface area (Å²) in [6, 6.07) is 0. The van der Waals surface area contributed by atoms with E-state index in [0.29, 0.717) is 19.3 Å². The van der Waals surface area contributed by atoms with Crippen LogP contribution in [0.25, 0.3) is 0 Å². The summed E-state index contributed by atoms with van der Waals surface area (Å²) in [7, 11) is 0. The third kappa shape index (κ3) is 66.9. The molecule has 0 spiro atoms. The number of aliphatic carboxylic acids is 3. The van der Waals surface area contributed by atoms with Gasteiger partial charge in [-0.2, -0.15) is 37.9 Å². The molecule has 368 valence electrons. The number of thiol groups is 3. The molecule has 0 amide bonds. The Morgan fingerprint density at radius 1 is 0.306 bits per heavy atom. The first kappa shape index (κ1) is 68.8. The zero-order valence-electron chi connectivity index (χ0n) is 41.2. The van der Waals surface area contributed by atoms with Crippen LogP contribution in [0.4, 0.5) is 0 Å². The fourth-order valence-corrected chi connectivity index (χ4v) is 8.62. The third-order valence-corrected chi connectivity index (χ3v) is 13.8. The van der Waals surface area contributed by atoms with Crippen molar-refractivity contribution in [3.05, 3.63) is 0 Å². The van der Waals surface area contributed by atoms with E-state index >= 15 is 0 Å². The van der Waals surface area contributed by atoms with Gasteiger partial charge in [-0.25, -0.2) is 0 Å². The van der Waals surface area contributed by atoms with E-state index < -0.39 is 33.7 Å². The van der Waals surface area contributed by atoms with Crippen molar-refractivity contribution in [2.45, 2.75) is 311 Å². The Hall–Kier alpha value is 0.259. The predicted octanol–water partition coefficient (Wildman–Crippen LogP) is 13.8. The van der Waals surface area contributed by atoms with E-state index in [2.05, 4.69) is 65.6 Å². The van der Waals surface area contributed by atoms with Gasteiger partial charge in [-0.05, 0) is 19.3 Å². The summed E-state index contributed by atoms with van der Waals surface area (Å²) in [6.07, 6.45) is 51.5. The van der Waals surface area contributed by atoms with Gasteiger partial charge in [-0.1, -0.05) is 252 Å². The summed E-state index contributed by atoms with van der Waals surface area (Å²) in [4.78, 5) is 31.3. The summed E-state index contributed by atoms with van der Waals surface area (Å²) in [5.41, 5.74) is 0. The summed E-state index contributed by atoms with van der Waals surface area (Å²) in [5, 5.41) is 29.6. The van der Waals surface area contributed by atoms with Gasteiger partial charge in [0.1, 0.15) is 0 Å². The zero-order chi connectivity index (χ0) is 47.2. The first-order chi connectivity index (χ1) is 30.0. The van der Waals surface area contributed by atoms with E-state index in [1.54, 1.807) is 22.5 Å². The molecular weight excluding hydrogens is 935 g/mol. The van der Waals surface area contributed by atoms with Gasteiger partial charge in [-0.15, -0.1) is 0 Å². The molecule has 0 saturated carbocycles. The van der Waals surface area contributed by atoms with Gasteiger partial charge < -0.3 is 29.7 Å². The van der Waals surface area contributed by atoms with E-state index in [-0.39, 0.29) is 0 Å². The van der Waals surface area contributed by atoms with Gasteiger partial charge in [0.15, 0.2) is 0 Å². The fraction of sp³-hybridized carbons (Fsp3) is 0.942. The number of hydrogen-bond acceptors (Lipinski definition) is 9. The second kappa shape index (κ2) is 61.3. The summed E-state index contributed by atoms with van der Waals surface area (Å²) in [5.74, 6) is -3.11. The molecule has 62 heavy (non-hydrogen) atoms. The molecule has 3 atom stereocenters. The molecule has 0 aromatic heterocycles. The molecule has 6 nitrogen and oxygen atoms in total. The Morgan fingerprint density at radius 3 is 0.565 bits per heavy atom. The van der Waals surface area contributed by atoms with Gasteiger partial charge in [-0.3, -0.25) is 0 Å². The van der Waals surface area contributed by atoms with Crippen molar-refractivity contribution in [2.75, 3.05) is 0 Å². The van der Waals surface area contributed by atoms with Gasteiger partial charge in [0.25, 0.3) is 0 Å². The molecule has 0 saturated heterocycles. The van der Waals surface area contributed by atoms with Crippen molar-refractivity contribution in [1.82, 2.24) is 0 Å². The molecule has 0 aromatic carbocycles. The minimum absolute atomic E-state index is 0.580. The molecule has 0 aliphatic rings. The molecule has 0 aliphatic heterocycles. The van der Waals surface area contributed by atoms with Crippen molar-refractivity contribution in [3.8, 4) is 0 Å². The fourth-order valence-electron chi connectivity index (χ4n) is 7.07. The summed E-state index contributed by atoms with van der Waals surface area (Å²) < 4.78 is 1.43. The average molecular weight is 1040 g/mol. The van der Waals surface area contributed by atoms with Crippen LogP contribution >= 0.6 is 37.9 Å². The number of rotatable bonds is 44. The Kier molecular flexibility index (Phi) is 68.0. The quantitative estimate of drug-likeness (QED) is 0.0318. The number of unbranched alkanes of at least 4 members (excludes halogenated alkanes) is 34. The molecule has 3 unspecified atom stereocenters. The number of carbonyl (C=O) groups is 3. The summed E-state index contributed by atoms with van der Waals surface area (Å²) in [6.45, 7) is 8.98. The van der Waals surface area contributed by atoms with E-state index in [1.165, 1.54) is 210 Å². The Balaban J connectivity index is -0.000000385. The zero-order valence-corrected chi connectivity index (χ0v) is 46.8. The minimum atomic E-state index is -1.04. The van der Waals surface area contributed by atoms with Crippen LogP contribution in [-0.2, 0) is 14.4 Å². The molecule has 10 heteroatoms. The van der Waals surface area contributed by atoms with Crippen molar-refractivity contribution in [3.63, 3.8) is 0 Å². The standard InChI is InChI=1S/3C16H32O2S.C4H9.Sn/c3*1-2-3-4-5-6-7-8-9-10-11-12-13-14-15(19)16(17)18;1-3-4-2;/h3*15,19H,2-14H2,1H3,(H,17,18);1,3-4H2,2H3;/q;;;;+3/p-3. The van der Waals surface area contributed by atoms with Gasteiger partial charge in [0, 0.05) is 15.7 Å². The van der Waals surface area contributed by atoms with Crippen molar-refractivity contribution >= 4 is 78.3 Å². The molecule has 0 heterocycles. The summed E-state index contributed by atoms with van der Waals surface area (Å²) >= 11 is 13.6. The van der Waals surface area contributed by atoms with Crippen LogP contribution in [-0.4, -0.2) is 56.2 Å². The van der Waals surface area contributed by atoms with Crippen LogP contribution in [0.2, 0.25) is 4.44 Å². The van der Waals surface area contributed by atoms with Crippen molar-refractivity contribution in [1.29, 1.82) is 0 Å². The van der Waals surface area contributed by atoms with Crippen LogP contribution in [0.15, 0.2) is 0 Å². The second-order valence-electron chi connectivity index (χ2n) is 17.6. The van der Waals surface area contributed by atoms with E-state index in [4.69, 9.17) is 0 Å². The molecular formula is C52H102O6S3Sn. The van der Waals surface area contributed by atoms with E-state index in [0.717, 1.165) is 38.5 Å². The molecule has 0 rings (SSSR count). The Bertz CT molecular complexity index is 777. The van der Waals surface area contributed by atoms with Crippen LogP contribution in [0.3, 0.4) is 0 Å². The number of hydrogen-bond donors (Lipinski definition) is 3. The Morgan fingerprint density at radius 2 is 0.452 bits per heavy atom. The predicted molar refractivity (Wildman–Crippen MR) is 276 cm³/mol. The average Bonchev–Trinajstić information content (AvgIpc) is 3.25. The van der Waals surface area contributed by atoms with E-state index in [9.17, 15) is 29.7 Å². The van der Waals surface area contributed by atoms with Gasteiger partial charge >= 0.3 is 46.7 Å².